The van der Waals surface area contributed by atoms with Crippen molar-refractivity contribution in [3.8, 4) is 11.5 Å². The molecule has 32 heavy (non-hydrogen) atoms. The van der Waals surface area contributed by atoms with Crippen molar-refractivity contribution in [1.29, 1.82) is 0 Å². The maximum Gasteiger partial charge on any atom is 0.294 e. The molecule has 0 spiro atoms. The van der Waals surface area contributed by atoms with E-state index in [1.54, 1.807) is 12.1 Å². The first kappa shape index (κ1) is 23.7. The number of rotatable bonds is 6. The number of methoxy groups -OCH3 is 2. The van der Waals surface area contributed by atoms with Crippen molar-refractivity contribution in [3.63, 3.8) is 0 Å². The minimum Gasteiger partial charge on any atom is -0.493 e. The van der Waals surface area contributed by atoms with Crippen LogP contribution in [0.3, 0.4) is 0 Å². The van der Waals surface area contributed by atoms with E-state index in [1.165, 1.54) is 20.3 Å². The van der Waals surface area contributed by atoms with E-state index < -0.39 is 17.1 Å². The largest absolute Gasteiger partial charge is 0.493 e. The number of thioether (sulfide) groups is 1. The highest BCUT2D eigenvalue weighted by atomic mass is 35.5. The highest BCUT2D eigenvalue weighted by Gasteiger charge is 2.36. The van der Waals surface area contributed by atoms with Crippen LogP contribution in [0.4, 0.5) is 10.5 Å². The van der Waals surface area contributed by atoms with Crippen molar-refractivity contribution in [3.05, 3.63) is 56.4 Å². The summed E-state index contributed by atoms with van der Waals surface area (Å²) in [6.45, 7) is 5.39. The van der Waals surface area contributed by atoms with E-state index in [0.29, 0.717) is 27.8 Å². The number of anilines is 1. The average molecular weight is 475 g/mol. The van der Waals surface area contributed by atoms with Gasteiger partial charge in [-0.1, -0.05) is 29.3 Å². The smallest absolute Gasteiger partial charge is 0.294 e. The van der Waals surface area contributed by atoms with Gasteiger partial charge in [0.15, 0.2) is 11.5 Å². The summed E-state index contributed by atoms with van der Waals surface area (Å²) in [5.41, 5.74) is 4.16. The van der Waals surface area contributed by atoms with Crippen LogP contribution >= 0.6 is 23.4 Å². The van der Waals surface area contributed by atoms with Crippen molar-refractivity contribution in [2.45, 2.75) is 20.8 Å². The summed E-state index contributed by atoms with van der Waals surface area (Å²) in [5.74, 6) is -0.220. The van der Waals surface area contributed by atoms with Gasteiger partial charge in [0.25, 0.3) is 11.1 Å². The van der Waals surface area contributed by atoms with Crippen molar-refractivity contribution >= 4 is 52.2 Å². The van der Waals surface area contributed by atoms with Gasteiger partial charge in [0, 0.05) is 5.69 Å². The number of hydrogen-bond donors (Lipinski definition) is 1. The molecule has 2 aromatic rings. The number of halogens is 1. The van der Waals surface area contributed by atoms with Gasteiger partial charge in [0.2, 0.25) is 5.91 Å². The van der Waals surface area contributed by atoms with Crippen molar-refractivity contribution in [2.75, 3.05) is 26.1 Å². The van der Waals surface area contributed by atoms with Crippen LogP contribution in [0.1, 0.15) is 22.3 Å². The summed E-state index contributed by atoms with van der Waals surface area (Å²) < 4.78 is 10.5. The molecule has 1 fully saturated rings. The summed E-state index contributed by atoms with van der Waals surface area (Å²) >= 11 is 6.98. The molecular weight excluding hydrogens is 452 g/mol. The lowest BCUT2D eigenvalue weighted by Crippen LogP contribution is -2.36. The van der Waals surface area contributed by atoms with Gasteiger partial charge in [-0.2, -0.15) is 0 Å². The van der Waals surface area contributed by atoms with Gasteiger partial charge < -0.3 is 14.8 Å². The Kier molecular flexibility index (Phi) is 7.16. The number of hydrogen-bond acceptors (Lipinski definition) is 6. The second kappa shape index (κ2) is 9.67. The lowest BCUT2D eigenvalue weighted by Gasteiger charge is -2.16. The third kappa shape index (κ3) is 4.92. The molecule has 1 aliphatic rings. The molecule has 0 saturated carbocycles. The van der Waals surface area contributed by atoms with E-state index in [-0.39, 0.29) is 11.4 Å². The zero-order chi connectivity index (χ0) is 23.6. The summed E-state index contributed by atoms with van der Waals surface area (Å²) in [4.78, 5) is 38.9. The zero-order valence-corrected chi connectivity index (χ0v) is 19.9. The van der Waals surface area contributed by atoms with E-state index in [2.05, 4.69) is 5.32 Å². The van der Waals surface area contributed by atoms with Crippen molar-refractivity contribution in [1.82, 2.24) is 4.90 Å². The van der Waals surface area contributed by atoms with Gasteiger partial charge in [0.05, 0.1) is 24.1 Å². The van der Waals surface area contributed by atoms with E-state index in [4.69, 9.17) is 21.1 Å². The van der Waals surface area contributed by atoms with Crippen LogP contribution in [0.15, 0.2) is 29.2 Å². The predicted molar refractivity (Wildman–Crippen MR) is 127 cm³/mol. The Bertz CT molecular complexity index is 1120. The Labute approximate surface area is 195 Å². The minimum absolute atomic E-state index is 0.189. The lowest BCUT2D eigenvalue weighted by atomic mass is 10.1. The summed E-state index contributed by atoms with van der Waals surface area (Å²) in [5, 5.41) is 2.60. The van der Waals surface area contributed by atoms with Crippen LogP contribution in [-0.4, -0.2) is 42.7 Å². The molecule has 9 heteroatoms. The standard InChI is InChI=1S/C23H23ClN2O5S/c1-12-6-13(2)20(14(3)7-12)25-19(27)11-26-22(28)18(32-23(26)29)10-15-8-16(24)21(31-5)17(9-15)30-4/h6-10H,11H2,1-5H3,(H,25,27)/b18-10-. The molecule has 0 bridgehead atoms. The first-order valence-electron chi connectivity index (χ1n) is 9.69. The molecule has 0 atom stereocenters. The quantitative estimate of drug-likeness (QED) is 0.596. The van der Waals surface area contributed by atoms with E-state index >= 15 is 0 Å². The molecule has 1 heterocycles. The molecule has 1 saturated heterocycles. The first-order chi connectivity index (χ1) is 15.1. The van der Waals surface area contributed by atoms with Crippen molar-refractivity contribution in [2.24, 2.45) is 0 Å². The maximum atomic E-state index is 12.8. The number of carbonyl (C=O) groups is 3. The molecule has 3 rings (SSSR count). The fourth-order valence-corrected chi connectivity index (χ4v) is 4.64. The van der Waals surface area contributed by atoms with Crippen molar-refractivity contribution < 1.29 is 23.9 Å². The highest BCUT2D eigenvalue weighted by Crippen LogP contribution is 2.38. The van der Waals surface area contributed by atoms with Gasteiger partial charge >= 0.3 is 0 Å². The molecule has 7 nitrogen and oxygen atoms in total. The number of nitrogens with one attached hydrogen (secondary N) is 1. The van der Waals surface area contributed by atoms with Gasteiger partial charge in [-0.25, -0.2) is 0 Å². The predicted octanol–water partition coefficient (Wildman–Crippen LogP) is 4.96. The van der Waals surface area contributed by atoms with Crippen LogP contribution in [0, 0.1) is 20.8 Å². The van der Waals surface area contributed by atoms with E-state index in [9.17, 15) is 14.4 Å². The normalized spacial score (nSPS) is 14.8. The first-order valence-corrected chi connectivity index (χ1v) is 10.9. The Morgan fingerprint density at radius 1 is 1.09 bits per heavy atom. The molecule has 0 aliphatic carbocycles. The summed E-state index contributed by atoms with van der Waals surface area (Å²) in [6.07, 6.45) is 1.53. The topological polar surface area (TPSA) is 84.9 Å². The summed E-state index contributed by atoms with van der Waals surface area (Å²) in [7, 11) is 2.95. The number of ether oxygens (including phenoxy) is 2. The molecule has 2 aromatic carbocycles. The second-order valence-electron chi connectivity index (χ2n) is 7.33. The number of imide groups is 1. The Morgan fingerprint density at radius 3 is 2.34 bits per heavy atom. The molecule has 1 aliphatic heterocycles. The molecule has 3 amide bonds. The molecule has 168 valence electrons. The van der Waals surface area contributed by atoms with E-state index in [1.807, 2.05) is 32.9 Å². The maximum absolute atomic E-state index is 12.8. The molecular formula is C23H23ClN2O5S. The fraction of sp³-hybridized carbons (Fsp3) is 0.261. The molecule has 0 unspecified atom stereocenters. The number of aryl methyl sites for hydroxylation is 3. The van der Waals surface area contributed by atoms with E-state index in [0.717, 1.165) is 33.4 Å². The van der Waals surface area contributed by atoms with Gasteiger partial charge in [-0.15, -0.1) is 0 Å². The fourth-order valence-electron chi connectivity index (χ4n) is 3.51. The SMILES string of the molecule is COc1cc(/C=C2\SC(=O)N(CC(=O)Nc3c(C)cc(C)cc3C)C2=O)cc(Cl)c1OC. The molecule has 0 radical (unpaired) electrons. The van der Waals surface area contributed by atoms with Crippen LogP contribution in [-0.2, 0) is 9.59 Å². The van der Waals surface area contributed by atoms with Crippen LogP contribution in [0.25, 0.3) is 6.08 Å². The minimum atomic E-state index is -0.543. The Balaban J connectivity index is 1.78. The number of benzene rings is 2. The van der Waals surface area contributed by atoms with Crippen LogP contribution < -0.4 is 14.8 Å². The average Bonchev–Trinajstić information content (AvgIpc) is 2.97. The van der Waals surface area contributed by atoms with Crippen LogP contribution in [0.5, 0.6) is 11.5 Å². The lowest BCUT2D eigenvalue weighted by molar-refractivity contribution is -0.127. The third-order valence-corrected chi connectivity index (χ3v) is 6.06. The molecule has 1 N–H and O–H groups in total. The number of amides is 3. The monoisotopic (exact) mass is 474 g/mol. The highest BCUT2D eigenvalue weighted by molar-refractivity contribution is 8.18. The Morgan fingerprint density at radius 2 is 1.75 bits per heavy atom. The van der Waals surface area contributed by atoms with Gasteiger partial charge in [-0.3, -0.25) is 19.3 Å². The zero-order valence-electron chi connectivity index (χ0n) is 18.4. The number of nitrogens with zero attached hydrogens (tertiary/aromatic N) is 1. The van der Waals surface area contributed by atoms with Crippen LogP contribution in [0.2, 0.25) is 5.02 Å². The Hall–Kier alpha value is -2.97. The van der Waals surface area contributed by atoms with Gasteiger partial charge in [0.1, 0.15) is 6.54 Å². The summed E-state index contributed by atoms with van der Waals surface area (Å²) in [6, 6.07) is 7.17. The second-order valence-corrected chi connectivity index (χ2v) is 8.73. The molecule has 0 aromatic heterocycles. The third-order valence-electron chi connectivity index (χ3n) is 4.87. The van der Waals surface area contributed by atoms with Gasteiger partial charge in [-0.05, 0) is 67.4 Å². The number of carbonyl (C=O) groups excluding carboxylic acids is 3.